The Labute approximate surface area is 174 Å². The Morgan fingerprint density at radius 2 is 1.90 bits per heavy atom. The number of benzene rings is 1. The van der Waals surface area contributed by atoms with Gasteiger partial charge in [-0.05, 0) is 44.4 Å². The second-order valence-electron chi connectivity index (χ2n) is 8.74. The summed E-state index contributed by atoms with van der Waals surface area (Å²) in [4.78, 5) is 24.4. The quantitative estimate of drug-likeness (QED) is 0.785. The third-order valence-corrected chi connectivity index (χ3v) is 8.02. The fourth-order valence-electron chi connectivity index (χ4n) is 4.64. The number of rotatable bonds is 2. The van der Waals surface area contributed by atoms with Gasteiger partial charge in [0.05, 0.1) is 10.6 Å². The number of anilines is 1. The highest BCUT2D eigenvalue weighted by molar-refractivity contribution is 7.89. The van der Waals surface area contributed by atoms with E-state index in [1.807, 2.05) is 6.07 Å². The van der Waals surface area contributed by atoms with E-state index in [9.17, 15) is 18.0 Å². The molecule has 0 aliphatic carbocycles. The first-order valence-corrected chi connectivity index (χ1v) is 11.4. The lowest BCUT2D eigenvalue weighted by Crippen LogP contribution is -2.49. The normalized spacial score (nSPS) is 24.9. The maximum absolute atomic E-state index is 13.4. The summed E-state index contributed by atoms with van der Waals surface area (Å²) in [5.74, 6) is 0.157. The Morgan fingerprint density at radius 1 is 1.10 bits per heavy atom. The molecule has 1 aromatic carbocycles. The van der Waals surface area contributed by atoms with Crippen LogP contribution in [0.1, 0.15) is 31.9 Å². The second kappa shape index (κ2) is 6.42. The van der Waals surface area contributed by atoms with Crippen LogP contribution in [0.2, 0.25) is 0 Å². The van der Waals surface area contributed by atoms with Crippen molar-refractivity contribution in [3.8, 4) is 5.75 Å². The van der Waals surface area contributed by atoms with Gasteiger partial charge in [0.15, 0.2) is 5.60 Å². The summed E-state index contributed by atoms with van der Waals surface area (Å²) >= 11 is 0. The van der Waals surface area contributed by atoms with Crippen LogP contribution in [0.5, 0.6) is 5.75 Å². The summed E-state index contributed by atoms with van der Waals surface area (Å²) in [5, 5.41) is 2.75. The molecule has 2 atom stereocenters. The average Bonchev–Trinajstić information content (AvgIpc) is 2.69. The molecule has 2 unspecified atom stereocenters. The van der Waals surface area contributed by atoms with Gasteiger partial charge in [-0.2, -0.15) is 4.31 Å². The SMILES string of the molecule is CC1(C)Oc2cc(S(=O)(=O)N3CC4CC(C3)c3cccc(=O)n3C4)ccc2NC1=O. The molecule has 158 valence electrons. The van der Waals surface area contributed by atoms with Crippen molar-refractivity contribution in [1.82, 2.24) is 8.87 Å². The van der Waals surface area contributed by atoms with Crippen LogP contribution in [0, 0.1) is 5.92 Å². The number of pyridine rings is 1. The Kier molecular flexibility index (Phi) is 4.14. The molecule has 1 fully saturated rings. The lowest BCUT2D eigenvalue weighted by molar-refractivity contribution is -0.129. The summed E-state index contributed by atoms with van der Waals surface area (Å²) in [6, 6.07) is 9.74. The topological polar surface area (TPSA) is 97.7 Å². The number of hydrogen-bond donors (Lipinski definition) is 1. The van der Waals surface area contributed by atoms with Crippen LogP contribution in [0.15, 0.2) is 46.1 Å². The molecule has 5 rings (SSSR count). The van der Waals surface area contributed by atoms with Gasteiger partial charge >= 0.3 is 0 Å². The third kappa shape index (κ3) is 2.95. The summed E-state index contributed by atoms with van der Waals surface area (Å²) in [5.41, 5.74) is 0.253. The van der Waals surface area contributed by atoms with Gasteiger partial charge in [0.2, 0.25) is 10.0 Å². The van der Waals surface area contributed by atoms with Crippen molar-refractivity contribution in [2.24, 2.45) is 5.92 Å². The highest BCUT2D eigenvalue weighted by atomic mass is 32.2. The van der Waals surface area contributed by atoms with Crippen LogP contribution in [0.25, 0.3) is 0 Å². The number of piperidine rings is 1. The monoisotopic (exact) mass is 429 g/mol. The lowest BCUT2D eigenvalue weighted by Gasteiger charge is -2.42. The van der Waals surface area contributed by atoms with Crippen LogP contribution in [0.4, 0.5) is 5.69 Å². The number of fused-ring (bicyclic) bond motifs is 5. The minimum atomic E-state index is -3.75. The van der Waals surface area contributed by atoms with Crippen LogP contribution in [-0.4, -0.2) is 41.9 Å². The van der Waals surface area contributed by atoms with Crippen molar-refractivity contribution in [1.29, 1.82) is 0 Å². The van der Waals surface area contributed by atoms with Gasteiger partial charge in [0, 0.05) is 43.4 Å². The standard InChI is InChI=1S/C21H23N3O5S/c1-21(2)20(26)22-16-7-6-15(9-18(16)29-21)30(27,28)23-10-13-8-14(12-23)17-4-3-5-19(25)24(17)11-13/h3-7,9,13-14H,8,10-12H2,1-2H3,(H,22,26). The minimum Gasteiger partial charge on any atom is -0.476 e. The fourth-order valence-corrected chi connectivity index (χ4v) is 6.22. The largest absolute Gasteiger partial charge is 0.476 e. The molecule has 1 N–H and O–H groups in total. The van der Waals surface area contributed by atoms with E-state index in [1.54, 1.807) is 36.6 Å². The molecule has 3 aliphatic rings. The van der Waals surface area contributed by atoms with Crippen LogP contribution in [-0.2, 0) is 21.4 Å². The van der Waals surface area contributed by atoms with Crippen molar-refractivity contribution < 1.29 is 17.9 Å². The smallest absolute Gasteiger partial charge is 0.268 e. The van der Waals surface area contributed by atoms with Gasteiger partial charge in [0.1, 0.15) is 5.75 Å². The molecular weight excluding hydrogens is 406 g/mol. The molecule has 1 aromatic heterocycles. The summed E-state index contributed by atoms with van der Waals surface area (Å²) in [7, 11) is -3.75. The first kappa shape index (κ1) is 19.3. The fraction of sp³-hybridized carbons (Fsp3) is 0.429. The molecule has 0 radical (unpaired) electrons. The maximum atomic E-state index is 13.4. The Balaban J connectivity index is 1.47. The minimum absolute atomic E-state index is 0.00623. The molecule has 0 saturated carbocycles. The van der Waals surface area contributed by atoms with Gasteiger partial charge in [-0.1, -0.05) is 6.07 Å². The molecule has 30 heavy (non-hydrogen) atoms. The van der Waals surface area contributed by atoms with Crippen LogP contribution < -0.4 is 15.6 Å². The van der Waals surface area contributed by atoms with Gasteiger partial charge in [-0.3, -0.25) is 9.59 Å². The van der Waals surface area contributed by atoms with E-state index in [2.05, 4.69) is 5.32 Å². The number of aromatic nitrogens is 1. The van der Waals surface area contributed by atoms with Crippen molar-refractivity contribution in [3.05, 3.63) is 52.4 Å². The number of carbonyl (C=O) groups excluding carboxylic acids is 1. The number of nitrogens with zero attached hydrogens (tertiary/aromatic N) is 2. The maximum Gasteiger partial charge on any atom is 0.268 e. The van der Waals surface area contributed by atoms with E-state index < -0.39 is 15.6 Å². The molecule has 2 bridgehead atoms. The van der Waals surface area contributed by atoms with Crippen LogP contribution >= 0.6 is 0 Å². The van der Waals surface area contributed by atoms with E-state index in [0.717, 1.165) is 12.1 Å². The Bertz CT molecular complexity index is 1220. The zero-order chi connectivity index (χ0) is 21.3. The summed E-state index contributed by atoms with van der Waals surface area (Å²) in [6.45, 7) is 4.52. The highest BCUT2D eigenvalue weighted by Gasteiger charge is 2.40. The molecule has 3 aliphatic heterocycles. The number of amides is 1. The van der Waals surface area contributed by atoms with E-state index in [-0.39, 0.29) is 28.2 Å². The predicted molar refractivity (Wildman–Crippen MR) is 110 cm³/mol. The van der Waals surface area contributed by atoms with E-state index in [4.69, 9.17) is 4.74 Å². The molecule has 1 amide bonds. The van der Waals surface area contributed by atoms with Gasteiger partial charge in [-0.25, -0.2) is 8.42 Å². The van der Waals surface area contributed by atoms with Gasteiger partial charge in [0.25, 0.3) is 11.5 Å². The highest BCUT2D eigenvalue weighted by Crippen LogP contribution is 2.39. The first-order chi connectivity index (χ1) is 14.1. The summed E-state index contributed by atoms with van der Waals surface area (Å²) in [6.07, 6.45) is 0.878. The Morgan fingerprint density at radius 3 is 2.70 bits per heavy atom. The molecule has 9 heteroatoms. The molecular formula is C21H23N3O5S. The van der Waals surface area contributed by atoms with E-state index in [0.29, 0.717) is 31.1 Å². The van der Waals surface area contributed by atoms with Crippen molar-refractivity contribution in [3.63, 3.8) is 0 Å². The molecule has 8 nitrogen and oxygen atoms in total. The van der Waals surface area contributed by atoms with Crippen molar-refractivity contribution in [2.75, 3.05) is 18.4 Å². The van der Waals surface area contributed by atoms with Gasteiger partial charge < -0.3 is 14.6 Å². The first-order valence-electron chi connectivity index (χ1n) is 9.99. The van der Waals surface area contributed by atoms with E-state index >= 15 is 0 Å². The lowest BCUT2D eigenvalue weighted by atomic mass is 9.84. The van der Waals surface area contributed by atoms with Crippen LogP contribution in [0.3, 0.4) is 0 Å². The number of ether oxygens (including phenoxy) is 1. The van der Waals surface area contributed by atoms with E-state index in [1.165, 1.54) is 16.4 Å². The third-order valence-electron chi connectivity index (χ3n) is 6.20. The molecule has 2 aromatic rings. The molecule has 0 spiro atoms. The zero-order valence-electron chi connectivity index (χ0n) is 16.8. The zero-order valence-corrected chi connectivity index (χ0v) is 17.6. The van der Waals surface area contributed by atoms with Crippen molar-refractivity contribution in [2.45, 2.75) is 43.2 Å². The number of nitrogens with one attached hydrogen (secondary N) is 1. The van der Waals surface area contributed by atoms with Crippen molar-refractivity contribution >= 4 is 21.6 Å². The number of sulfonamides is 1. The molecule has 1 saturated heterocycles. The Hall–Kier alpha value is -2.65. The number of carbonyl (C=O) groups is 1. The number of hydrogen-bond acceptors (Lipinski definition) is 5. The average molecular weight is 429 g/mol. The second-order valence-corrected chi connectivity index (χ2v) is 10.7. The summed E-state index contributed by atoms with van der Waals surface area (Å²) < 4.78 is 35.9. The molecule has 4 heterocycles. The predicted octanol–water partition coefficient (Wildman–Crippen LogP) is 1.77. The van der Waals surface area contributed by atoms with Gasteiger partial charge in [-0.15, -0.1) is 0 Å².